The van der Waals surface area contributed by atoms with Gasteiger partial charge in [-0.3, -0.25) is 4.90 Å². The van der Waals surface area contributed by atoms with Crippen LogP contribution in [0.4, 0.5) is 0 Å². The second-order valence-corrected chi connectivity index (χ2v) is 4.66. The number of hydrogen-bond acceptors (Lipinski definition) is 3. The van der Waals surface area contributed by atoms with Gasteiger partial charge in [0, 0.05) is 25.2 Å². The van der Waals surface area contributed by atoms with Gasteiger partial charge in [0.2, 0.25) is 0 Å². The number of nitrogens with zero attached hydrogens (tertiary/aromatic N) is 1. The first kappa shape index (κ1) is 12.4. The minimum atomic E-state index is 0.493. The van der Waals surface area contributed by atoms with Crippen LogP contribution >= 0.6 is 0 Å². The van der Waals surface area contributed by atoms with E-state index in [0.717, 1.165) is 50.3 Å². The second-order valence-electron chi connectivity index (χ2n) is 4.66. The maximum Gasteiger partial charge on any atom is 0.123 e. The molecule has 3 nitrogen and oxygen atoms in total. The Morgan fingerprint density at radius 2 is 2.06 bits per heavy atom. The van der Waals surface area contributed by atoms with Gasteiger partial charge in [0.05, 0.1) is 0 Å². The summed E-state index contributed by atoms with van der Waals surface area (Å²) < 4.78 is 0. The highest BCUT2D eigenvalue weighted by atomic mass is 16.3. The van der Waals surface area contributed by atoms with Gasteiger partial charge in [0.25, 0.3) is 0 Å². The summed E-state index contributed by atoms with van der Waals surface area (Å²) in [7, 11) is 0. The Labute approximate surface area is 103 Å². The molecule has 1 heterocycles. The SMILES string of the molecule is CCc1cccc(CN2CCCNCC2)c1O. The smallest absolute Gasteiger partial charge is 0.123 e. The van der Waals surface area contributed by atoms with Crippen molar-refractivity contribution in [2.45, 2.75) is 26.3 Å². The zero-order chi connectivity index (χ0) is 12.1. The molecule has 0 aliphatic carbocycles. The van der Waals surface area contributed by atoms with Crippen LogP contribution in [0.25, 0.3) is 0 Å². The fourth-order valence-electron chi connectivity index (χ4n) is 2.36. The van der Waals surface area contributed by atoms with Gasteiger partial charge in [-0.05, 0) is 31.5 Å². The molecule has 1 aromatic carbocycles. The van der Waals surface area contributed by atoms with Crippen molar-refractivity contribution in [2.24, 2.45) is 0 Å². The van der Waals surface area contributed by atoms with Crippen molar-refractivity contribution in [3.05, 3.63) is 29.3 Å². The molecule has 1 aliphatic heterocycles. The van der Waals surface area contributed by atoms with E-state index in [1.807, 2.05) is 18.2 Å². The monoisotopic (exact) mass is 234 g/mol. The van der Waals surface area contributed by atoms with Crippen LogP contribution in [-0.4, -0.2) is 36.2 Å². The number of phenolic OH excluding ortho intramolecular Hbond substituents is 1. The van der Waals surface area contributed by atoms with Crippen molar-refractivity contribution < 1.29 is 5.11 Å². The van der Waals surface area contributed by atoms with Crippen LogP contribution in [0.3, 0.4) is 0 Å². The van der Waals surface area contributed by atoms with Gasteiger partial charge in [0.15, 0.2) is 0 Å². The van der Waals surface area contributed by atoms with Crippen molar-refractivity contribution >= 4 is 0 Å². The van der Waals surface area contributed by atoms with Gasteiger partial charge in [-0.1, -0.05) is 25.1 Å². The highest BCUT2D eigenvalue weighted by Crippen LogP contribution is 2.24. The highest BCUT2D eigenvalue weighted by Gasteiger charge is 2.12. The quantitative estimate of drug-likeness (QED) is 0.836. The van der Waals surface area contributed by atoms with Crippen LogP contribution in [0, 0.1) is 0 Å². The molecule has 0 amide bonds. The van der Waals surface area contributed by atoms with E-state index in [9.17, 15) is 5.11 Å². The van der Waals surface area contributed by atoms with Gasteiger partial charge in [0.1, 0.15) is 5.75 Å². The van der Waals surface area contributed by atoms with E-state index in [1.54, 1.807) is 0 Å². The number of phenols is 1. The lowest BCUT2D eigenvalue weighted by Gasteiger charge is -2.20. The van der Waals surface area contributed by atoms with Gasteiger partial charge < -0.3 is 10.4 Å². The Kier molecular flexibility index (Phi) is 4.40. The first-order valence-corrected chi connectivity index (χ1v) is 6.54. The Hall–Kier alpha value is -1.06. The summed E-state index contributed by atoms with van der Waals surface area (Å²) in [6.07, 6.45) is 2.08. The van der Waals surface area contributed by atoms with Crippen LogP contribution in [-0.2, 0) is 13.0 Å². The van der Waals surface area contributed by atoms with Crippen molar-refractivity contribution in [3.63, 3.8) is 0 Å². The normalized spacial score (nSPS) is 17.9. The third kappa shape index (κ3) is 3.20. The van der Waals surface area contributed by atoms with Crippen LogP contribution < -0.4 is 5.32 Å². The maximum atomic E-state index is 10.1. The van der Waals surface area contributed by atoms with E-state index >= 15 is 0 Å². The average Bonchev–Trinajstić information content (AvgIpc) is 2.60. The first-order chi connectivity index (χ1) is 8.31. The third-order valence-corrected chi connectivity index (χ3v) is 3.41. The van der Waals surface area contributed by atoms with Crippen molar-refractivity contribution in [1.82, 2.24) is 10.2 Å². The van der Waals surface area contributed by atoms with E-state index in [-0.39, 0.29) is 0 Å². The summed E-state index contributed by atoms with van der Waals surface area (Å²) in [6.45, 7) is 7.28. The van der Waals surface area contributed by atoms with Crippen LogP contribution in [0.15, 0.2) is 18.2 Å². The van der Waals surface area contributed by atoms with Gasteiger partial charge in [-0.25, -0.2) is 0 Å². The molecule has 0 unspecified atom stereocenters. The number of aromatic hydroxyl groups is 1. The third-order valence-electron chi connectivity index (χ3n) is 3.41. The number of rotatable bonds is 3. The Balaban J connectivity index is 2.06. The molecule has 1 aliphatic rings. The molecule has 3 heteroatoms. The van der Waals surface area contributed by atoms with Gasteiger partial charge >= 0.3 is 0 Å². The van der Waals surface area contributed by atoms with Crippen molar-refractivity contribution in [3.8, 4) is 5.75 Å². The van der Waals surface area contributed by atoms with E-state index < -0.39 is 0 Å². The summed E-state index contributed by atoms with van der Waals surface area (Å²) in [6, 6.07) is 6.08. The molecule has 94 valence electrons. The van der Waals surface area contributed by atoms with Gasteiger partial charge in [-0.2, -0.15) is 0 Å². The standard InChI is InChI=1S/C14H22N2O/c1-2-12-5-3-6-13(14(12)17)11-16-9-4-7-15-8-10-16/h3,5-6,15,17H,2,4,7-11H2,1H3. The molecule has 17 heavy (non-hydrogen) atoms. The number of nitrogens with one attached hydrogen (secondary N) is 1. The molecule has 1 aromatic rings. The number of benzene rings is 1. The lowest BCUT2D eigenvalue weighted by molar-refractivity contribution is 0.279. The molecule has 0 bridgehead atoms. The molecule has 2 rings (SSSR count). The fourth-order valence-corrected chi connectivity index (χ4v) is 2.36. The molecule has 1 saturated heterocycles. The zero-order valence-corrected chi connectivity index (χ0v) is 10.6. The molecule has 2 N–H and O–H groups in total. The van der Waals surface area contributed by atoms with E-state index in [0.29, 0.717) is 5.75 Å². The fraction of sp³-hybridized carbons (Fsp3) is 0.571. The van der Waals surface area contributed by atoms with Crippen LogP contribution in [0.5, 0.6) is 5.75 Å². The molecule has 1 fully saturated rings. The molecule has 0 atom stereocenters. The summed E-state index contributed by atoms with van der Waals surface area (Å²) in [5.74, 6) is 0.493. The number of aryl methyl sites for hydroxylation is 1. The topological polar surface area (TPSA) is 35.5 Å². The molecule has 0 aromatic heterocycles. The van der Waals surface area contributed by atoms with Crippen LogP contribution in [0.1, 0.15) is 24.5 Å². The molecule has 0 radical (unpaired) electrons. The number of hydrogen-bond donors (Lipinski definition) is 2. The highest BCUT2D eigenvalue weighted by molar-refractivity contribution is 5.40. The van der Waals surface area contributed by atoms with E-state index in [2.05, 4.69) is 17.1 Å². The summed E-state index contributed by atoms with van der Waals surface area (Å²) in [5.41, 5.74) is 2.11. The predicted molar refractivity (Wildman–Crippen MR) is 70.2 cm³/mol. The minimum Gasteiger partial charge on any atom is -0.507 e. The van der Waals surface area contributed by atoms with Crippen molar-refractivity contribution in [1.29, 1.82) is 0 Å². The Morgan fingerprint density at radius 1 is 1.24 bits per heavy atom. The van der Waals surface area contributed by atoms with E-state index in [4.69, 9.17) is 0 Å². The van der Waals surface area contributed by atoms with Gasteiger partial charge in [-0.15, -0.1) is 0 Å². The average molecular weight is 234 g/mol. The molecular weight excluding hydrogens is 212 g/mol. The summed E-state index contributed by atoms with van der Waals surface area (Å²) in [5, 5.41) is 13.5. The molecule has 0 spiro atoms. The largest absolute Gasteiger partial charge is 0.507 e. The second kappa shape index (κ2) is 6.03. The van der Waals surface area contributed by atoms with E-state index in [1.165, 1.54) is 6.42 Å². The lowest BCUT2D eigenvalue weighted by atomic mass is 10.1. The lowest BCUT2D eigenvalue weighted by Crippen LogP contribution is -2.27. The predicted octanol–water partition coefficient (Wildman–Crippen LogP) is 1.75. The molecular formula is C14H22N2O. The Morgan fingerprint density at radius 3 is 2.88 bits per heavy atom. The summed E-state index contributed by atoms with van der Waals surface area (Å²) >= 11 is 0. The first-order valence-electron chi connectivity index (χ1n) is 6.54. The number of para-hydroxylation sites is 1. The summed E-state index contributed by atoms with van der Waals surface area (Å²) in [4.78, 5) is 2.41. The Bertz CT molecular complexity index is 357. The van der Waals surface area contributed by atoms with Crippen molar-refractivity contribution in [2.75, 3.05) is 26.2 Å². The zero-order valence-electron chi connectivity index (χ0n) is 10.6. The maximum absolute atomic E-state index is 10.1. The molecule has 0 saturated carbocycles. The minimum absolute atomic E-state index is 0.493. The van der Waals surface area contributed by atoms with Crippen LogP contribution in [0.2, 0.25) is 0 Å².